The average molecular weight is 268 g/mol. The Balaban J connectivity index is 0.000000146. The molecule has 3 aliphatic rings. The van der Waals surface area contributed by atoms with Crippen LogP contribution >= 0.6 is 0 Å². The zero-order valence-electron chi connectivity index (χ0n) is 11.9. The van der Waals surface area contributed by atoms with E-state index in [4.69, 9.17) is 8.85 Å². The molecule has 2 atom stereocenters. The summed E-state index contributed by atoms with van der Waals surface area (Å²) in [6.07, 6.45) is 16.0. The first-order valence-corrected chi connectivity index (χ1v) is 9.18. The number of rotatable bonds is 3. The lowest BCUT2D eigenvalue weighted by atomic mass is 10.0. The van der Waals surface area contributed by atoms with Gasteiger partial charge in [0, 0.05) is 14.2 Å². The van der Waals surface area contributed by atoms with E-state index in [1.165, 1.54) is 51.4 Å². The number of hydrogen-bond donors (Lipinski definition) is 0. The van der Waals surface area contributed by atoms with Crippen molar-refractivity contribution in [1.82, 2.24) is 0 Å². The molecule has 0 saturated heterocycles. The van der Waals surface area contributed by atoms with Crippen LogP contribution in [0.15, 0.2) is 12.2 Å². The molecule has 3 aliphatic carbocycles. The molecule has 2 nitrogen and oxygen atoms in total. The molecular formula is C15H28O2Si. The van der Waals surface area contributed by atoms with Gasteiger partial charge in [-0.05, 0) is 49.5 Å². The van der Waals surface area contributed by atoms with Crippen molar-refractivity contribution in [2.24, 2.45) is 11.8 Å². The molecule has 0 aromatic rings. The predicted molar refractivity (Wildman–Crippen MR) is 78.0 cm³/mol. The highest BCUT2D eigenvalue weighted by atomic mass is 28.3. The molecule has 3 heteroatoms. The standard InChI is InChI=1S/C8H18O2Si.C7H10/c1-9-11(10-2)8-6-4-3-5-7-8;1-2-7-4-3-6(1)5-7/h8,11H,3-7H2,1-2H3;1-2,6-7H,3-5H2. The van der Waals surface area contributed by atoms with Crippen LogP contribution in [0.2, 0.25) is 5.54 Å². The van der Waals surface area contributed by atoms with Crippen molar-refractivity contribution in [3.8, 4) is 0 Å². The highest BCUT2D eigenvalue weighted by Crippen LogP contribution is 2.38. The van der Waals surface area contributed by atoms with E-state index in [1.54, 1.807) is 14.2 Å². The van der Waals surface area contributed by atoms with Crippen LogP contribution in [0.3, 0.4) is 0 Å². The van der Waals surface area contributed by atoms with Crippen molar-refractivity contribution >= 4 is 9.28 Å². The second kappa shape index (κ2) is 7.46. The van der Waals surface area contributed by atoms with Gasteiger partial charge in [0.15, 0.2) is 0 Å². The lowest BCUT2D eigenvalue weighted by Gasteiger charge is -2.25. The average Bonchev–Trinajstić information content (AvgIpc) is 3.07. The third-order valence-corrected chi connectivity index (χ3v) is 7.03. The van der Waals surface area contributed by atoms with Gasteiger partial charge in [0.25, 0.3) is 0 Å². The Morgan fingerprint density at radius 3 is 1.72 bits per heavy atom. The van der Waals surface area contributed by atoms with Gasteiger partial charge in [-0.1, -0.05) is 31.4 Å². The van der Waals surface area contributed by atoms with Crippen LogP contribution < -0.4 is 0 Å². The molecule has 3 rings (SSSR count). The zero-order chi connectivity index (χ0) is 12.8. The molecule has 2 bridgehead atoms. The highest BCUT2D eigenvalue weighted by Gasteiger charge is 2.26. The maximum absolute atomic E-state index is 5.36. The van der Waals surface area contributed by atoms with Gasteiger partial charge in [0.1, 0.15) is 0 Å². The second-order valence-corrected chi connectivity index (χ2v) is 8.58. The quantitative estimate of drug-likeness (QED) is 0.572. The van der Waals surface area contributed by atoms with E-state index in [2.05, 4.69) is 12.2 Å². The fourth-order valence-corrected chi connectivity index (χ4v) is 5.58. The van der Waals surface area contributed by atoms with Crippen LogP contribution in [0.5, 0.6) is 0 Å². The first-order valence-electron chi connectivity index (χ1n) is 7.57. The summed E-state index contributed by atoms with van der Waals surface area (Å²) in [5, 5.41) is 0. The largest absolute Gasteiger partial charge is 0.400 e. The molecule has 0 aromatic heterocycles. The van der Waals surface area contributed by atoms with E-state index < -0.39 is 9.28 Å². The third kappa shape index (κ3) is 3.94. The SMILES string of the molecule is C1=CC2CCC1C2.CO[SiH](OC)C1CCCCC1. The van der Waals surface area contributed by atoms with Crippen LogP contribution in [0.1, 0.15) is 51.4 Å². The minimum atomic E-state index is -1.27. The van der Waals surface area contributed by atoms with Crippen molar-refractivity contribution in [2.75, 3.05) is 14.2 Å². The van der Waals surface area contributed by atoms with Crippen molar-refractivity contribution in [3.05, 3.63) is 12.2 Å². The van der Waals surface area contributed by atoms with Crippen molar-refractivity contribution in [3.63, 3.8) is 0 Å². The summed E-state index contributed by atoms with van der Waals surface area (Å²) in [6, 6.07) is 0. The Kier molecular flexibility index (Phi) is 5.92. The molecule has 104 valence electrons. The summed E-state index contributed by atoms with van der Waals surface area (Å²) >= 11 is 0. The topological polar surface area (TPSA) is 18.5 Å². The van der Waals surface area contributed by atoms with E-state index in [-0.39, 0.29) is 0 Å². The number of fused-ring (bicyclic) bond motifs is 2. The molecule has 2 saturated carbocycles. The monoisotopic (exact) mass is 268 g/mol. The van der Waals surface area contributed by atoms with Gasteiger partial charge in [-0.2, -0.15) is 0 Å². The molecule has 0 heterocycles. The summed E-state index contributed by atoms with van der Waals surface area (Å²) in [6.45, 7) is 0. The highest BCUT2D eigenvalue weighted by molar-refractivity contribution is 6.46. The fraction of sp³-hybridized carbons (Fsp3) is 0.867. The maximum atomic E-state index is 5.36. The first-order chi connectivity index (χ1) is 8.83. The molecule has 0 radical (unpaired) electrons. The van der Waals surface area contributed by atoms with Gasteiger partial charge >= 0.3 is 9.28 Å². The molecule has 2 unspecified atom stereocenters. The summed E-state index contributed by atoms with van der Waals surface area (Å²) < 4.78 is 10.7. The van der Waals surface area contributed by atoms with Crippen molar-refractivity contribution in [1.29, 1.82) is 0 Å². The van der Waals surface area contributed by atoms with E-state index in [0.29, 0.717) is 0 Å². The predicted octanol–water partition coefficient (Wildman–Crippen LogP) is 3.81. The molecule has 0 amide bonds. The normalized spacial score (nSPS) is 30.6. The Morgan fingerprint density at radius 2 is 1.39 bits per heavy atom. The number of allylic oxidation sites excluding steroid dienone is 2. The van der Waals surface area contributed by atoms with E-state index in [1.807, 2.05) is 0 Å². The molecule has 0 aromatic carbocycles. The van der Waals surface area contributed by atoms with Gasteiger partial charge < -0.3 is 8.85 Å². The lowest BCUT2D eigenvalue weighted by molar-refractivity contribution is 0.252. The van der Waals surface area contributed by atoms with Gasteiger partial charge in [-0.3, -0.25) is 0 Å². The molecule has 0 spiro atoms. The first kappa shape index (κ1) is 14.3. The molecule has 18 heavy (non-hydrogen) atoms. The molecule has 2 fully saturated rings. The van der Waals surface area contributed by atoms with Gasteiger partial charge in [0.2, 0.25) is 0 Å². The van der Waals surface area contributed by atoms with Gasteiger partial charge in [0.05, 0.1) is 0 Å². The van der Waals surface area contributed by atoms with E-state index in [9.17, 15) is 0 Å². The minimum Gasteiger partial charge on any atom is -0.400 e. The summed E-state index contributed by atoms with van der Waals surface area (Å²) in [7, 11) is 2.30. The minimum absolute atomic E-state index is 0.777. The zero-order valence-corrected chi connectivity index (χ0v) is 13.1. The molecule has 0 N–H and O–H groups in total. The third-order valence-electron chi connectivity index (χ3n) is 4.67. The smallest absolute Gasteiger partial charge is 0.324 e. The lowest BCUT2D eigenvalue weighted by Crippen LogP contribution is -2.27. The van der Waals surface area contributed by atoms with Crippen molar-refractivity contribution in [2.45, 2.75) is 56.9 Å². The van der Waals surface area contributed by atoms with Crippen molar-refractivity contribution < 1.29 is 8.85 Å². The summed E-state index contributed by atoms with van der Waals surface area (Å²) in [5.74, 6) is 1.98. The van der Waals surface area contributed by atoms with Gasteiger partial charge in [-0.15, -0.1) is 0 Å². The Hall–Kier alpha value is -0.123. The van der Waals surface area contributed by atoms with E-state index >= 15 is 0 Å². The van der Waals surface area contributed by atoms with Crippen LogP contribution in [-0.4, -0.2) is 23.5 Å². The van der Waals surface area contributed by atoms with Crippen LogP contribution in [-0.2, 0) is 8.85 Å². The maximum Gasteiger partial charge on any atom is 0.324 e. The Bertz CT molecular complexity index is 245. The van der Waals surface area contributed by atoms with Gasteiger partial charge in [-0.25, -0.2) is 0 Å². The fourth-order valence-electron chi connectivity index (χ4n) is 3.60. The van der Waals surface area contributed by atoms with Crippen LogP contribution in [0, 0.1) is 11.8 Å². The molecular weight excluding hydrogens is 240 g/mol. The molecule has 0 aliphatic heterocycles. The number of hydrogen-bond acceptors (Lipinski definition) is 2. The summed E-state index contributed by atoms with van der Waals surface area (Å²) in [5.41, 5.74) is 0.777. The van der Waals surface area contributed by atoms with Crippen LogP contribution in [0.25, 0.3) is 0 Å². The summed E-state index contributed by atoms with van der Waals surface area (Å²) in [4.78, 5) is 0. The second-order valence-electron chi connectivity index (χ2n) is 5.96. The Labute approximate surface area is 114 Å². The Morgan fingerprint density at radius 1 is 0.833 bits per heavy atom. The van der Waals surface area contributed by atoms with Crippen LogP contribution in [0.4, 0.5) is 0 Å². The van der Waals surface area contributed by atoms with E-state index in [0.717, 1.165) is 17.4 Å².